The van der Waals surface area contributed by atoms with Crippen LogP contribution in [0.1, 0.15) is 11.7 Å². The van der Waals surface area contributed by atoms with E-state index in [1.165, 1.54) is 0 Å². The van der Waals surface area contributed by atoms with Crippen molar-refractivity contribution in [2.24, 2.45) is 0 Å². The molecule has 0 aliphatic carbocycles. The first-order valence-corrected chi connectivity index (χ1v) is 7.19. The molecule has 2 nitrogen and oxygen atoms in total. The van der Waals surface area contributed by atoms with Gasteiger partial charge in [-0.1, -0.05) is 30.3 Å². The predicted octanol–water partition coefficient (Wildman–Crippen LogP) is 3.88. The third kappa shape index (κ3) is 3.52. The Kier molecular flexibility index (Phi) is 4.67. The van der Waals surface area contributed by atoms with Crippen LogP contribution in [-0.4, -0.2) is 17.1 Å². The molecule has 0 saturated carbocycles. The Balaban J connectivity index is 2.04. The Hall–Kier alpha value is -1.45. The molecular weight excluding hydrogens is 244 g/mol. The molecule has 0 spiro atoms. The van der Waals surface area contributed by atoms with E-state index in [1.807, 2.05) is 60.9 Å². The highest BCUT2D eigenvalue weighted by Gasteiger charge is 2.06. The van der Waals surface area contributed by atoms with Gasteiger partial charge in [0, 0.05) is 5.75 Å². The molecule has 0 aliphatic rings. The van der Waals surface area contributed by atoms with Crippen LogP contribution in [0.25, 0.3) is 0 Å². The predicted molar refractivity (Wildman–Crippen MR) is 76.3 cm³/mol. The molecule has 0 amide bonds. The van der Waals surface area contributed by atoms with E-state index >= 15 is 0 Å². The lowest BCUT2D eigenvalue weighted by Gasteiger charge is -2.10. The summed E-state index contributed by atoms with van der Waals surface area (Å²) in [6.45, 7) is 0. The Morgan fingerprint density at radius 3 is 2.22 bits per heavy atom. The van der Waals surface area contributed by atoms with Crippen molar-refractivity contribution in [2.75, 3.05) is 12.0 Å². The number of benzene rings is 2. The lowest BCUT2D eigenvalue weighted by molar-refractivity contribution is 0.204. The van der Waals surface area contributed by atoms with Gasteiger partial charge in [0.15, 0.2) is 0 Å². The van der Waals surface area contributed by atoms with Crippen LogP contribution in [-0.2, 0) is 0 Å². The first kappa shape index (κ1) is 13.0. The zero-order valence-electron chi connectivity index (χ0n) is 10.2. The second-order valence-electron chi connectivity index (χ2n) is 3.96. The van der Waals surface area contributed by atoms with Crippen molar-refractivity contribution in [3.63, 3.8) is 0 Å². The average Bonchev–Trinajstić information content (AvgIpc) is 2.41. The van der Waals surface area contributed by atoms with Crippen LogP contribution in [0.15, 0.2) is 54.6 Å². The number of para-hydroxylation sites is 1. The van der Waals surface area contributed by atoms with E-state index in [4.69, 9.17) is 4.74 Å². The molecule has 2 rings (SSSR count). The van der Waals surface area contributed by atoms with Gasteiger partial charge in [0.2, 0.25) is 0 Å². The van der Waals surface area contributed by atoms with Gasteiger partial charge in [-0.2, -0.15) is 11.8 Å². The summed E-state index contributed by atoms with van der Waals surface area (Å²) in [7, 11) is 0. The number of aliphatic hydroxyl groups excluding tert-OH is 1. The van der Waals surface area contributed by atoms with E-state index in [9.17, 15) is 5.11 Å². The molecule has 2 aromatic carbocycles. The molecule has 0 heterocycles. The Morgan fingerprint density at radius 1 is 1.00 bits per heavy atom. The minimum atomic E-state index is -0.411. The van der Waals surface area contributed by atoms with Crippen molar-refractivity contribution >= 4 is 11.8 Å². The van der Waals surface area contributed by atoms with Crippen LogP contribution < -0.4 is 4.74 Å². The zero-order valence-corrected chi connectivity index (χ0v) is 11.1. The number of ether oxygens (including phenoxy) is 1. The van der Waals surface area contributed by atoms with Crippen molar-refractivity contribution in [3.05, 3.63) is 60.2 Å². The highest BCUT2D eigenvalue weighted by Crippen LogP contribution is 2.24. The summed E-state index contributed by atoms with van der Waals surface area (Å²) < 4.78 is 5.69. The highest BCUT2D eigenvalue weighted by atomic mass is 32.2. The molecule has 0 saturated heterocycles. The topological polar surface area (TPSA) is 29.5 Å². The Labute approximate surface area is 112 Å². The van der Waals surface area contributed by atoms with Crippen LogP contribution in [0.4, 0.5) is 0 Å². The van der Waals surface area contributed by atoms with E-state index in [2.05, 4.69) is 0 Å². The van der Waals surface area contributed by atoms with Gasteiger partial charge in [0.1, 0.15) is 11.5 Å². The van der Waals surface area contributed by atoms with Gasteiger partial charge in [-0.15, -0.1) is 0 Å². The number of aliphatic hydroxyl groups is 1. The van der Waals surface area contributed by atoms with Crippen molar-refractivity contribution < 1.29 is 9.84 Å². The number of thioether (sulfide) groups is 1. The zero-order chi connectivity index (χ0) is 12.8. The summed E-state index contributed by atoms with van der Waals surface area (Å²) in [5.74, 6) is 2.30. The number of rotatable bonds is 5. The fraction of sp³-hybridized carbons (Fsp3) is 0.200. The van der Waals surface area contributed by atoms with Crippen LogP contribution in [0.3, 0.4) is 0 Å². The summed E-state index contributed by atoms with van der Waals surface area (Å²) in [5.41, 5.74) is 0.921. The fourth-order valence-corrected chi connectivity index (χ4v) is 2.14. The summed E-state index contributed by atoms with van der Waals surface area (Å²) in [5, 5.41) is 9.84. The smallest absolute Gasteiger partial charge is 0.127 e. The van der Waals surface area contributed by atoms with E-state index in [0.717, 1.165) is 17.1 Å². The molecule has 1 atom stereocenters. The molecule has 0 bridgehead atoms. The van der Waals surface area contributed by atoms with E-state index in [1.54, 1.807) is 11.8 Å². The van der Waals surface area contributed by atoms with Crippen molar-refractivity contribution in [3.8, 4) is 11.5 Å². The maximum atomic E-state index is 9.84. The number of hydrogen-bond donors (Lipinski definition) is 1. The van der Waals surface area contributed by atoms with Crippen molar-refractivity contribution in [1.82, 2.24) is 0 Å². The largest absolute Gasteiger partial charge is 0.457 e. The normalized spacial score (nSPS) is 12.1. The molecule has 1 N–H and O–H groups in total. The maximum absolute atomic E-state index is 9.84. The number of hydrogen-bond acceptors (Lipinski definition) is 3. The molecule has 0 aromatic heterocycles. The third-order valence-electron chi connectivity index (χ3n) is 2.57. The molecule has 3 heteroatoms. The monoisotopic (exact) mass is 260 g/mol. The first-order chi connectivity index (χ1) is 8.79. The SMILES string of the molecule is CSCC(O)c1ccc(Oc2ccccc2)cc1. The average molecular weight is 260 g/mol. The summed E-state index contributed by atoms with van der Waals surface area (Å²) in [6.07, 6.45) is 1.57. The van der Waals surface area contributed by atoms with Gasteiger partial charge in [0.25, 0.3) is 0 Å². The summed E-state index contributed by atoms with van der Waals surface area (Å²) >= 11 is 1.63. The van der Waals surface area contributed by atoms with E-state index < -0.39 is 6.10 Å². The molecular formula is C15H16O2S. The van der Waals surface area contributed by atoms with Gasteiger partial charge < -0.3 is 9.84 Å². The minimum absolute atomic E-state index is 0.411. The van der Waals surface area contributed by atoms with Gasteiger partial charge in [-0.25, -0.2) is 0 Å². The van der Waals surface area contributed by atoms with Crippen LogP contribution in [0, 0.1) is 0 Å². The Bertz CT molecular complexity index is 468. The van der Waals surface area contributed by atoms with Gasteiger partial charge >= 0.3 is 0 Å². The van der Waals surface area contributed by atoms with E-state index in [-0.39, 0.29) is 0 Å². The van der Waals surface area contributed by atoms with E-state index in [0.29, 0.717) is 5.75 Å². The molecule has 1 unspecified atom stereocenters. The standard InChI is InChI=1S/C15H16O2S/c1-18-11-15(16)12-7-9-14(10-8-12)17-13-5-3-2-4-6-13/h2-10,15-16H,11H2,1H3. The second-order valence-corrected chi connectivity index (χ2v) is 4.87. The highest BCUT2D eigenvalue weighted by molar-refractivity contribution is 7.98. The molecule has 94 valence electrons. The van der Waals surface area contributed by atoms with Crippen molar-refractivity contribution in [2.45, 2.75) is 6.10 Å². The molecule has 0 radical (unpaired) electrons. The minimum Gasteiger partial charge on any atom is -0.457 e. The summed E-state index contributed by atoms with van der Waals surface area (Å²) in [4.78, 5) is 0. The molecule has 18 heavy (non-hydrogen) atoms. The maximum Gasteiger partial charge on any atom is 0.127 e. The van der Waals surface area contributed by atoms with Gasteiger partial charge in [-0.3, -0.25) is 0 Å². The third-order valence-corrected chi connectivity index (χ3v) is 3.22. The molecule has 2 aromatic rings. The van der Waals surface area contributed by atoms with Gasteiger partial charge in [-0.05, 0) is 36.1 Å². The lowest BCUT2D eigenvalue weighted by Crippen LogP contribution is -1.99. The van der Waals surface area contributed by atoms with Crippen molar-refractivity contribution in [1.29, 1.82) is 0 Å². The van der Waals surface area contributed by atoms with Gasteiger partial charge in [0.05, 0.1) is 6.10 Å². The second kappa shape index (κ2) is 6.47. The summed E-state index contributed by atoms with van der Waals surface area (Å²) in [6, 6.07) is 17.2. The quantitative estimate of drug-likeness (QED) is 0.884. The van der Waals surface area contributed by atoms with Crippen LogP contribution in [0.5, 0.6) is 11.5 Å². The Morgan fingerprint density at radius 2 is 1.61 bits per heavy atom. The van der Waals surface area contributed by atoms with Crippen LogP contribution >= 0.6 is 11.8 Å². The fourth-order valence-electron chi connectivity index (χ4n) is 1.64. The molecule has 0 aliphatic heterocycles. The lowest BCUT2D eigenvalue weighted by atomic mass is 10.1. The molecule has 0 fully saturated rings. The van der Waals surface area contributed by atoms with Crippen LogP contribution in [0.2, 0.25) is 0 Å². The first-order valence-electron chi connectivity index (χ1n) is 5.79.